The number of morpholine rings is 1. The summed E-state index contributed by atoms with van der Waals surface area (Å²) in [5, 5.41) is 9.31. The first kappa shape index (κ1) is 13.3. The second kappa shape index (κ2) is 5.77. The number of hydrogen-bond donors (Lipinski definition) is 1. The highest BCUT2D eigenvalue weighted by Gasteiger charge is 2.43. The van der Waals surface area contributed by atoms with Gasteiger partial charge in [-0.25, -0.2) is 0 Å². The quantitative estimate of drug-likeness (QED) is 0.789. The lowest BCUT2D eigenvalue weighted by molar-refractivity contribution is -0.151. The van der Waals surface area contributed by atoms with Gasteiger partial charge in [0.1, 0.15) is 0 Å². The molecule has 1 unspecified atom stereocenters. The van der Waals surface area contributed by atoms with Crippen LogP contribution in [0.15, 0.2) is 0 Å². The largest absolute Gasteiger partial charge is 0.396 e. The van der Waals surface area contributed by atoms with E-state index in [1.165, 1.54) is 0 Å². The minimum absolute atomic E-state index is 0.126. The summed E-state index contributed by atoms with van der Waals surface area (Å²) in [7, 11) is 0. The van der Waals surface area contributed by atoms with E-state index >= 15 is 0 Å². The fourth-order valence-corrected chi connectivity index (χ4v) is 3.65. The van der Waals surface area contributed by atoms with E-state index in [2.05, 4.69) is 0 Å². The van der Waals surface area contributed by atoms with Gasteiger partial charge in [0, 0.05) is 32.3 Å². The molecule has 0 spiro atoms. The molecule has 5 nitrogen and oxygen atoms in total. The summed E-state index contributed by atoms with van der Waals surface area (Å²) in [4.78, 5) is 14.7. The number of rotatable bonds is 2. The van der Waals surface area contributed by atoms with Crippen molar-refractivity contribution in [1.82, 2.24) is 4.90 Å². The number of ether oxygens (including phenoxy) is 2. The molecular formula is C14H23NO4. The third-order valence-electron chi connectivity index (χ3n) is 4.75. The molecule has 1 amide bonds. The molecular weight excluding hydrogens is 246 g/mol. The maximum absolute atomic E-state index is 12.6. The summed E-state index contributed by atoms with van der Waals surface area (Å²) in [6.45, 7) is 2.95. The van der Waals surface area contributed by atoms with Crippen molar-refractivity contribution in [2.45, 2.75) is 37.8 Å². The Balaban J connectivity index is 1.67. The van der Waals surface area contributed by atoms with Crippen LogP contribution in [0.3, 0.4) is 0 Å². The molecule has 2 heterocycles. The Morgan fingerprint density at radius 1 is 1.21 bits per heavy atom. The predicted molar refractivity (Wildman–Crippen MR) is 68.6 cm³/mol. The molecule has 1 N–H and O–H groups in total. The summed E-state index contributed by atoms with van der Waals surface area (Å²) >= 11 is 0. The lowest BCUT2D eigenvalue weighted by Crippen LogP contribution is -2.53. The van der Waals surface area contributed by atoms with E-state index in [9.17, 15) is 9.90 Å². The van der Waals surface area contributed by atoms with Crippen molar-refractivity contribution < 1.29 is 19.4 Å². The van der Waals surface area contributed by atoms with Gasteiger partial charge in [-0.1, -0.05) is 0 Å². The van der Waals surface area contributed by atoms with Crippen molar-refractivity contribution >= 4 is 5.91 Å². The van der Waals surface area contributed by atoms with Gasteiger partial charge in [0.2, 0.25) is 5.91 Å². The Morgan fingerprint density at radius 2 is 2.00 bits per heavy atom. The van der Waals surface area contributed by atoms with Gasteiger partial charge in [-0.05, 0) is 31.6 Å². The number of aliphatic hydroxyl groups excluding tert-OH is 1. The van der Waals surface area contributed by atoms with Crippen molar-refractivity contribution in [2.24, 2.45) is 11.8 Å². The molecule has 0 aromatic carbocycles. The fourth-order valence-electron chi connectivity index (χ4n) is 3.65. The number of aliphatic hydroxyl groups is 1. The van der Waals surface area contributed by atoms with E-state index < -0.39 is 0 Å². The van der Waals surface area contributed by atoms with Crippen LogP contribution in [0.1, 0.15) is 25.7 Å². The van der Waals surface area contributed by atoms with Crippen LogP contribution < -0.4 is 0 Å². The predicted octanol–water partition coefficient (Wildman–Crippen LogP) is 0.411. The van der Waals surface area contributed by atoms with Crippen LogP contribution in [-0.2, 0) is 14.3 Å². The topological polar surface area (TPSA) is 59.0 Å². The smallest absolute Gasteiger partial charge is 0.226 e. The highest BCUT2D eigenvalue weighted by Crippen LogP contribution is 2.35. The molecule has 3 aliphatic rings. The molecule has 2 saturated heterocycles. The van der Waals surface area contributed by atoms with E-state index in [1.807, 2.05) is 4.90 Å². The molecule has 0 radical (unpaired) electrons. The lowest BCUT2D eigenvalue weighted by atomic mass is 9.96. The summed E-state index contributed by atoms with van der Waals surface area (Å²) in [5.41, 5.74) is 0. The number of nitrogens with zero attached hydrogens (tertiary/aromatic N) is 1. The second-order valence-corrected chi connectivity index (χ2v) is 5.91. The molecule has 5 heteroatoms. The first-order chi connectivity index (χ1) is 9.29. The molecule has 108 valence electrons. The second-order valence-electron chi connectivity index (χ2n) is 5.91. The Morgan fingerprint density at radius 3 is 2.74 bits per heavy atom. The Hall–Kier alpha value is -0.650. The van der Waals surface area contributed by atoms with Crippen molar-refractivity contribution in [3.05, 3.63) is 0 Å². The SMILES string of the molecule is O=C(C1CCOCC1)N1CCOC2C[C@H](CO)C[C@@H]21. The first-order valence-corrected chi connectivity index (χ1v) is 7.40. The van der Waals surface area contributed by atoms with E-state index in [4.69, 9.17) is 9.47 Å². The van der Waals surface area contributed by atoms with Crippen LogP contribution >= 0.6 is 0 Å². The van der Waals surface area contributed by atoms with Crippen LogP contribution in [0.25, 0.3) is 0 Å². The summed E-state index contributed by atoms with van der Waals surface area (Å²) in [6, 6.07) is 0.182. The Kier molecular flexibility index (Phi) is 4.05. The zero-order valence-corrected chi connectivity index (χ0v) is 11.3. The average Bonchev–Trinajstić information content (AvgIpc) is 2.90. The summed E-state index contributed by atoms with van der Waals surface area (Å²) < 4.78 is 11.1. The van der Waals surface area contributed by atoms with Gasteiger partial charge in [0.05, 0.1) is 18.8 Å². The highest BCUT2D eigenvalue weighted by atomic mass is 16.5. The fraction of sp³-hybridized carbons (Fsp3) is 0.929. The molecule has 3 rings (SSSR count). The minimum atomic E-state index is 0.126. The highest BCUT2D eigenvalue weighted by molar-refractivity contribution is 5.79. The molecule has 0 aromatic rings. The Bertz CT molecular complexity index is 329. The number of hydrogen-bond acceptors (Lipinski definition) is 4. The molecule has 3 atom stereocenters. The maximum Gasteiger partial charge on any atom is 0.226 e. The average molecular weight is 269 g/mol. The van der Waals surface area contributed by atoms with Crippen molar-refractivity contribution in [2.75, 3.05) is 33.0 Å². The molecule has 1 saturated carbocycles. The number of fused-ring (bicyclic) bond motifs is 1. The standard InChI is InChI=1S/C14H23NO4/c16-9-10-7-12-13(8-10)19-6-3-15(12)14(17)11-1-4-18-5-2-11/h10-13,16H,1-9H2/t10-,12+,13?/m1/s1. The third kappa shape index (κ3) is 2.64. The van der Waals surface area contributed by atoms with Crippen molar-refractivity contribution in [3.63, 3.8) is 0 Å². The van der Waals surface area contributed by atoms with E-state index in [1.54, 1.807) is 0 Å². The van der Waals surface area contributed by atoms with E-state index in [0.717, 1.165) is 25.7 Å². The molecule has 0 aromatic heterocycles. The molecule has 19 heavy (non-hydrogen) atoms. The zero-order valence-electron chi connectivity index (χ0n) is 11.3. The van der Waals surface area contributed by atoms with Crippen molar-refractivity contribution in [3.8, 4) is 0 Å². The number of carbonyl (C=O) groups is 1. The molecule has 3 fully saturated rings. The molecule has 2 aliphatic heterocycles. The van der Waals surface area contributed by atoms with Gasteiger partial charge in [-0.15, -0.1) is 0 Å². The van der Waals surface area contributed by atoms with Gasteiger partial charge in [0.25, 0.3) is 0 Å². The minimum Gasteiger partial charge on any atom is -0.396 e. The summed E-state index contributed by atoms with van der Waals surface area (Å²) in [5.74, 6) is 0.693. The summed E-state index contributed by atoms with van der Waals surface area (Å²) in [6.07, 6.45) is 3.60. The Labute approximate surface area is 113 Å². The van der Waals surface area contributed by atoms with Crippen LogP contribution in [0.2, 0.25) is 0 Å². The van der Waals surface area contributed by atoms with Gasteiger partial charge in [-0.2, -0.15) is 0 Å². The van der Waals surface area contributed by atoms with Crippen molar-refractivity contribution in [1.29, 1.82) is 0 Å². The van der Waals surface area contributed by atoms with Crippen LogP contribution in [0, 0.1) is 11.8 Å². The maximum atomic E-state index is 12.6. The van der Waals surface area contributed by atoms with Crippen LogP contribution in [0.4, 0.5) is 0 Å². The molecule has 0 bridgehead atoms. The third-order valence-corrected chi connectivity index (χ3v) is 4.75. The zero-order chi connectivity index (χ0) is 13.2. The van der Waals surface area contributed by atoms with E-state index in [0.29, 0.717) is 26.4 Å². The van der Waals surface area contributed by atoms with Crippen LogP contribution in [-0.4, -0.2) is 61.0 Å². The van der Waals surface area contributed by atoms with Gasteiger partial charge in [0.15, 0.2) is 0 Å². The van der Waals surface area contributed by atoms with Gasteiger partial charge < -0.3 is 19.5 Å². The monoisotopic (exact) mass is 269 g/mol. The van der Waals surface area contributed by atoms with E-state index in [-0.39, 0.29) is 36.5 Å². The number of amides is 1. The van der Waals surface area contributed by atoms with Gasteiger partial charge >= 0.3 is 0 Å². The number of carbonyl (C=O) groups excluding carboxylic acids is 1. The molecule has 1 aliphatic carbocycles. The lowest BCUT2D eigenvalue weighted by Gasteiger charge is -2.40. The normalized spacial score (nSPS) is 36.3. The van der Waals surface area contributed by atoms with Gasteiger partial charge in [-0.3, -0.25) is 4.79 Å². The first-order valence-electron chi connectivity index (χ1n) is 7.40. The van der Waals surface area contributed by atoms with Crippen LogP contribution in [0.5, 0.6) is 0 Å².